The zero-order chi connectivity index (χ0) is 21.2. The minimum atomic E-state index is -0.220. The van der Waals surface area contributed by atoms with E-state index in [1.54, 1.807) is 4.40 Å². The van der Waals surface area contributed by atoms with Gasteiger partial charge in [0.05, 0.1) is 5.52 Å². The third-order valence-corrected chi connectivity index (χ3v) is 5.68. The van der Waals surface area contributed by atoms with Crippen LogP contribution in [0.25, 0.3) is 27.7 Å². The lowest BCUT2D eigenvalue weighted by atomic mass is 9.99. The molecule has 5 rings (SSSR count). The van der Waals surface area contributed by atoms with Gasteiger partial charge in [0, 0.05) is 30.9 Å². The molecule has 0 bridgehead atoms. The highest BCUT2D eigenvalue weighted by Crippen LogP contribution is 2.30. The minimum Gasteiger partial charge on any atom is -0.295 e. The number of aromatic nitrogens is 4. The number of aromatic amines is 1. The number of nitrogens with one attached hydrogen (secondary N) is 1. The van der Waals surface area contributed by atoms with Gasteiger partial charge in [-0.3, -0.25) is 9.88 Å². The lowest BCUT2D eigenvalue weighted by Gasteiger charge is -2.20. The molecule has 31 heavy (non-hydrogen) atoms. The number of pyridine rings is 2. The van der Waals surface area contributed by atoms with Gasteiger partial charge in [0.15, 0.2) is 5.65 Å². The average molecular weight is 409 g/mol. The Balaban J connectivity index is 1.46. The van der Waals surface area contributed by atoms with Crippen molar-refractivity contribution in [1.82, 2.24) is 24.5 Å². The fourth-order valence-electron chi connectivity index (χ4n) is 4.05. The molecule has 0 saturated carbocycles. The topological polar surface area (TPSA) is 66.3 Å². The molecule has 6 nitrogen and oxygen atoms in total. The normalized spacial score (nSPS) is 11.5. The van der Waals surface area contributed by atoms with Gasteiger partial charge in [-0.1, -0.05) is 49.4 Å². The zero-order valence-corrected chi connectivity index (χ0v) is 17.3. The molecule has 0 aliphatic carbocycles. The summed E-state index contributed by atoms with van der Waals surface area (Å²) >= 11 is 0. The van der Waals surface area contributed by atoms with Crippen molar-refractivity contribution in [3.63, 3.8) is 0 Å². The van der Waals surface area contributed by atoms with Crippen LogP contribution in [-0.2, 0) is 13.1 Å². The Morgan fingerprint density at radius 3 is 2.39 bits per heavy atom. The van der Waals surface area contributed by atoms with Crippen LogP contribution >= 0.6 is 0 Å². The highest BCUT2D eigenvalue weighted by Gasteiger charge is 2.12. The highest BCUT2D eigenvalue weighted by molar-refractivity contribution is 5.97. The van der Waals surface area contributed by atoms with Crippen LogP contribution in [0.4, 0.5) is 0 Å². The second-order valence-electron chi connectivity index (χ2n) is 7.65. The highest BCUT2D eigenvalue weighted by atomic mass is 16.1. The largest absolute Gasteiger partial charge is 0.348 e. The fourth-order valence-corrected chi connectivity index (χ4v) is 4.05. The van der Waals surface area contributed by atoms with Crippen LogP contribution in [0.15, 0.2) is 83.9 Å². The van der Waals surface area contributed by atoms with Crippen molar-refractivity contribution < 1.29 is 0 Å². The van der Waals surface area contributed by atoms with E-state index in [0.29, 0.717) is 5.65 Å². The molecule has 0 fully saturated rings. The summed E-state index contributed by atoms with van der Waals surface area (Å²) in [4.78, 5) is 18.7. The van der Waals surface area contributed by atoms with Crippen molar-refractivity contribution in [2.24, 2.45) is 0 Å². The van der Waals surface area contributed by atoms with Crippen LogP contribution in [0, 0.1) is 0 Å². The van der Waals surface area contributed by atoms with E-state index in [1.807, 2.05) is 42.7 Å². The summed E-state index contributed by atoms with van der Waals surface area (Å²) < 4.78 is 1.62. The van der Waals surface area contributed by atoms with Gasteiger partial charge < -0.3 is 0 Å². The summed E-state index contributed by atoms with van der Waals surface area (Å²) in [5, 5.41) is 7.76. The molecule has 0 spiro atoms. The molecule has 0 amide bonds. The number of para-hydroxylation sites is 1. The number of hydrogen-bond donors (Lipinski definition) is 1. The maximum atomic E-state index is 12.2. The van der Waals surface area contributed by atoms with Crippen molar-refractivity contribution in [2.45, 2.75) is 20.0 Å². The standard InChI is InChI=1S/C25H23N5O/c1-2-29(17-19-11-13-26-14-12-19)16-18-7-9-20(10-8-18)22-15-24-27-28-25(31)30(24)23-6-4-3-5-21(22)23/h3-15H,2,16-17H2,1H3,(H,28,31). The van der Waals surface area contributed by atoms with E-state index in [9.17, 15) is 4.79 Å². The van der Waals surface area contributed by atoms with Crippen molar-refractivity contribution in [2.75, 3.05) is 6.54 Å². The van der Waals surface area contributed by atoms with Crippen molar-refractivity contribution >= 4 is 16.6 Å². The first-order chi connectivity index (χ1) is 15.2. The Hall–Kier alpha value is -3.77. The van der Waals surface area contributed by atoms with Gasteiger partial charge in [-0.25, -0.2) is 14.3 Å². The van der Waals surface area contributed by atoms with Gasteiger partial charge in [0.2, 0.25) is 0 Å². The molecule has 0 aliphatic rings. The summed E-state index contributed by atoms with van der Waals surface area (Å²) in [5.41, 5.74) is 5.96. The number of benzene rings is 2. The van der Waals surface area contributed by atoms with E-state index in [2.05, 4.69) is 63.4 Å². The second kappa shape index (κ2) is 8.16. The molecular formula is C25H23N5O. The molecule has 5 aromatic rings. The van der Waals surface area contributed by atoms with Gasteiger partial charge in [-0.2, -0.15) is 5.10 Å². The van der Waals surface area contributed by atoms with Gasteiger partial charge in [-0.15, -0.1) is 0 Å². The number of H-pyrrole nitrogens is 1. The predicted molar refractivity (Wildman–Crippen MR) is 123 cm³/mol. The SMILES string of the molecule is CCN(Cc1ccncc1)Cc1ccc(-c2cc3n[nH]c(=O)n3c3ccccc23)cc1. The maximum Gasteiger partial charge on any atom is 0.348 e. The second-order valence-corrected chi connectivity index (χ2v) is 7.65. The summed E-state index contributed by atoms with van der Waals surface area (Å²) in [6.45, 7) is 4.94. The summed E-state index contributed by atoms with van der Waals surface area (Å²) in [6.07, 6.45) is 3.68. The van der Waals surface area contributed by atoms with Crippen molar-refractivity contribution in [1.29, 1.82) is 0 Å². The molecule has 0 saturated heterocycles. The van der Waals surface area contributed by atoms with Crippen LogP contribution in [0.5, 0.6) is 0 Å². The van der Waals surface area contributed by atoms with E-state index in [-0.39, 0.29) is 5.69 Å². The predicted octanol–water partition coefficient (Wildman–Crippen LogP) is 4.26. The lowest BCUT2D eigenvalue weighted by Crippen LogP contribution is -2.22. The first-order valence-corrected chi connectivity index (χ1v) is 10.4. The monoisotopic (exact) mass is 409 g/mol. The molecule has 3 heterocycles. The maximum absolute atomic E-state index is 12.2. The van der Waals surface area contributed by atoms with E-state index < -0.39 is 0 Å². The van der Waals surface area contributed by atoms with Gasteiger partial charge in [0.25, 0.3) is 0 Å². The van der Waals surface area contributed by atoms with Crippen LogP contribution < -0.4 is 5.69 Å². The van der Waals surface area contributed by atoms with E-state index in [0.717, 1.165) is 41.7 Å². The summed E-state index contributed by atoms with van der Waals surface area (Å²) in [5.74, 6) is 0. The Labute approximate surface area is 179 Å². The summed E-state index contributed by atoms with van der Waals surface area (Å²) in [7, 11) is 0. The van der Waals surface area contributed by atoms with E-state index >= 15 is 0 Å². The Bertz CT molecular complexity index is 1390. The number of fused-ring (bicyclic) bond motifs is 3. The molecule has 154 valence electrons. The minimum absolute atomic E-state index is 0.220. The lowest BCUT2D eigenvalue weighted by molar-refractivity contribution is 0.271. The molecule has 0 aliphatic heterocycles. The third-order valence-electron chi connectivity index (χ3n) is 5.68. The van der Waals surface area contributed by atoms with Gasteiger partial charge in [-0.05, 0) is 53.1 Å². The Morgan fingerprint density at radius 1 is 0.935 bits per heavy atom. The molecule has 0 radical (unpaired) electrons. The van der Waals surface area contributed by atoms with E-state index in [4.69, 9.17) is 0 Å². The van der Waals surface area contributed by atoms with Crippen LogP contribution in [-0.4, -0.2) is 31.0 Å². The molecule has 2 aromatic carbocycles. The molecule has 6 heteroatoms. The van der Waals surface area contributed by atoms with Crippen LogP contribution in [0.1, 0.15) is 18.1 Å². The molecular weight excluding hydrogens is 386 g/mol. The first-order valence-electron chi connectivity index (χ1n) is 10.4. The number of rotatable bonds is 6. The van der Waals surface area contributed by atoms with Crippen molar-refractivity contribution in [3.05, 3.63) is 101 Å². The van der Waals surface area contributed by atoms with Gasteiger partial charge in [0.1, 0.15) is 0 Å². The van der Waals surface area contributed by atoms with Crippen LogP contribution in [0.2, 0.25) is 0 Å². The van der Waals surface area contributed by atoms with Crippen molar-refractivity contribution in [3.8, 4) is 11.1 Å². The Kier molecular flexibility index (Phi) is 5.06. The number of hydrogen-bond acceptors (Lipinski definition) is 4. The fraction of sp³-hybridized carbons (Fsp3) is 0.160. The molecule has 0 unspecified atom stereocenters. The average Bonchev–Trinajstić information content (AvgIpc) is 3.20. The van der Waals surface area contributed by atoms with E-state index in [1.165, 1.54) is 11.1 Å². The summed E-state index contributed by atoms with van der Waals surface area (Å²) in [6, 6.07) is 22.7. The first kappa shape index (κ1) is 19.2. The molecule has 0 atom stereocenters. The van der Waals surface area contributed by atoms with Crippen LogP contribution in [0.3, 0.4) is 0 Å². The third kappa shape index (κ3) is 3.73. The quantitative estimate of drug-likeness (QED) is 0.455. The molecule has 3 aromatic heterocycles. The number of nitrogens with zero attached hydrogens (tertiary/aromatic N) is 4. The molecule has 1 N–H and O–H groups in total. The Morgan fingerprint density at radius 2 is 1.65 bits per heavy atom. The smallest absolute Gasteiger partial charge is 0.295 e. The zero-order valence-electron chi connectivity index (χ0n) is 17.3. The van der Waals surface area contributed by atoms with Gasteiger partial charge >= 0.3 is 5.69 Å².